The zero-order valence-electron chi connectivity index (χ0n) is 61.9. The van der Waals surface area contributed by atoms with E-state index in [1.807, 2.05) is 6.07 Å². The molecule has 95 heavy (non-hydrogen) atoms. The van der Waals surface area contributed by atoms with E-state index in [4.69, 9.17) is 10.5 Å². The lowest BCUT2D eigenvalue weighted by atomic mass is 9.58. The molecule has 0 bridgehead atoms. The Morgan fingerprint density at radius 3 is 1.54 bits per heavy atom. The maximum absolute atomic E-state index is 9.52. The first-order valence-electron chi connectivity index (χ1n) is 36.7. The van der Waals surface area contributed by atoms with Gasteiger partial charge in [-0.1, -0.05) is 307 Å². The van der Waals surface area contributed by atoms with Gasteiger partial charge in [-0.3, -0.25) is 0 Å². The molecule has 4 aliphatic carbocycles. The van der Waals surface area contributed by atoms with Crippen LogP contribution in [0.1, 0.15) is 209 Å². The molecule has 0 saturated carbocycles. The van der Waals surface area contributed by atoms with Crippen LogP contribution in [0.25, 0.3) is 60.9 Å². The van der Waals surface area contributed by atoms with Crippen molar-refractivity contribution in [2.45, 2.75) is 129 Å². The average molecular weight is 1230 g/mol. The molecule has 4 aliphatic rings. The van der Waals surface area contributed by atoms with E-state index in [0.717, 1.165) is 66.4 Å². The summed E-state index contributed by atoms with van der Waals surface area (Å²) in [4.78, 5) is 0. The van der Waals surface area contributed by atoms with Crippen molar-refractivity contribution < 1.29 is 6.85 Å². The van der Waals surface area contributed by atoms with Crippen molar-refractivity contribution in [2.24, 2.45) is 11.3 Å². The Kier molecular flexibility index (Phi) is 12.8. The highest BCUT2D eigenvalue weighted by Gasteiger charge is 2.47. The number of nitrogens with zero attached hydrogens (tertiary/aromatic N) is 1. The number of hydrogen-bond donors (Lipinski definition) is 0. The van der Waals surface area contributed by atoms with Gasteiger partial charge in [-0.05, 0) is 186 Å². The minimum atomic E-state index is -0.507. The first-order chi connectivity index (χ1) is 47.7. The molecule has 0 aliphatic heterocycles. The molecule has 0 radical (unpaired) electrons. The zero-order chi connectivity index (χ0) is 70.0. The van der Waals surface area contributed by atoms with Gasteiger partial charge in [-0.2, -0.15) is 0 Å². The third-order valence-corrected chi connectivity index (χ3v) is 21.6. The molecular formula is C94H85N. The molecule has 1 aromatic heterocycles. The minimum Gasteiger partial charge on any atom is -0.309 e. The van der Waals surface area contributed by atoms with Crippen LogP contribution in [0.2, 0.25) is 0 Å². The van der Waals surface area contributed by atoms with Gasteiger partial charge in [0.2, 0.25) is 0 Å². The van der Waals surface area contributed by atoms with E-state index in [2.05, 4.69) is 312 Å². The highest BCUT2D eigenvalue weighted by molar-refractivity contribution is 6.09. The van der Waals surface area contributed by atoms with Crippen LogP contribution in [0.3, 0.4) is 0 Å². The van der Waals surface area contributed by atoms with E-state index in [-0.39, 0.29) is 81.0 Å². The lowest BCUT2D eigenvalue weighted by molar-refractivity contribution is 0.490. The lowest BCUT2D eigenvalue weighted by Gasteiger charge is -2.45. The second-order valence-corrected chi connectivity index (χ2v) is 31.5. The number of benzene rings is 11. The van der Waals surface area contributed by atoms with Gasteiger partial charge >= 0.3 is 0 Å². The van der Waals surface area contributed by atoms with Crippen molar-refractivity contribution in [3.05, 3.63) is 349 Å². The Morgan fingerprint density at radius 2 is 0.937 bits per heavy atom. The van der Waals surface area contributed by atoms with Crippen LogP contribution in [0.5, 0.6) is 0 Å². The van der Waals surface area contributed by atoms with Crippen molar-refractivity contribution in [3.63, 3.8) is 0 Å². The van der Waals surface area contributed by atoms with Crippen LogP contribution in [-0.2, 0) is 16.2 Å². The smallest absolute Gasteiger partial charge is 0.0629 e. The number of terminal acetylenes is 1. The topological polar surface area (TPSA) is 4.93 Å². The summed E-state index contributed by atoms with van der Waals surface area (Å²) in [7, 11) is 0. The number of fused-ring (bicyclic) bond motifs is 10. The molecule has 6 unspecified atom stereocenters. The summed E-state index contributed by atoms with van der Waals surface area (Å²) < 4.78 is 48.2. The summed E-state index contributed by atoms with van der Waals surface area (Å²) in [6, 6.07) is 75.8. The summed E-state index contributed by atoms with van der Waals surface area (Å²) >= 11 is 0. The molecule has 0 fully saturated rings. The van der Waals surface area contributed by atoms with Crippen molar-refractivity contribution >= 4 is 21.8 Å². The Hall–Kier alpha value is -9.74. The van der Waals surface area contributed by atoms with Crippen LogP contribution in [0.15, 0.2) is 260 Å². The molecule has 0 spiro atoms. The van der Waals surface area contributed by atoms with Crippen LogP contribution >= 0.6 is 0 Å². The molecule has 16 rings (SSSR count). The van der Waals surface area contributed by atoms with Gasteiger partial charge in [-0.15, -0.1) is 6.42 Å². The second-order valence-electron chi connectivity index (χ2n) is 31.5. The molecule has 6 atom stereocenters. The molecule has 0 saturated heterocycles. The summed E-state index contributed by atoms with van der Waals surface area (Å²) in [5, 5.41) is 2.31. The first-order valence-corrected chi connectivity index (χ1v) is 34.2. The molecule has 12 aromatic rings. The maximum Gasteiger partial charge on any atom is 0.0629 e. The molecule has 11 aromatic carbocycles. The third kappa shape index (κ3) is 9.96. The monoisotopic (exact) mass is 1230 g/mol. The standard InChI is InChI=1S/C94H85N/c1-14-57-38-43-67(95-83-36-26-24-34-68(83)69-35-25-27-37-84(69)95)56-76(57)86-79-48-61(58-28-18-15-19-29-58)39-44-72(79)87-73-45-40-62(85-70-46-41-63(91(2,3)4)50-77(70)78-51-64(92(5,6)7)42-47-71(78)85)49-80(73)89(82-55-66(94(11,12)13)54-81(86)90(82)87)88-74(59-30-20-16-21-31-59)52-65(93(8,9)10)53-75(88)60-32-22-17-23-33-60/h1,15-56,70,77,85-87,89H,2-13H3/i15D,18D,19D,28D,29D. The Labute approximate surface area is 571 Å². The van der Waals surface area contributed by atoms with E-state index in [1.54, 1.807) is 0 Å². The van der Waals surface area contributed by atoms with Gasteiger partial charge in [0.15, 0.2) is 0 Å². The van der Waals surface area contributed by atoms with Crippen molar-refractivity contribution in [1.82, 2.24) is 4.57 Å². The molecule has 1 heterocycles. The predicted octanol–water partition coefficient (Wildman–Crippen LogP) is 24.2. The van der Waals surface area contributed by atoms with Gasteiger partial charge < -0.3 is 4.57 Å². The lowest BCUT2D eigenvalue weighted by Crippen LogP contribution is -2.30. The predicted molar refractivity (Wildman–Crippen MR) is 401 cm³/mol. The van der Waals surface area contributed by atoms with E-state index in [0.29, 0.717) is 5.56 Å². The number of para-hydroxylation sites is 2. The molecule has 1 heteroatoms. The number of hydrogen-bond acceptors (Lipinski definition) is 0. The third-order valence-electron chi connectivity index (χ3n) is 21.6. The van der Waals surface area contributed by atoms with E-state index < -0.39 is 12.0 Å². The van der Waals surface area contributed by atoms with Crippen LogP contribution in [-0.4, -0.2) is 4.57 Å². The fourth-order valence-corrected chi connectivity index (χ4v) is 16.7. The quantitative estimate of drug-likeness (QED) is 0.140. The van der Waals surface area contributed by atoms with Gasteiger partial charge in [-0.25, -0.2) is 0 Å². The molecule has 0 N–H and O–H groups in total. The van der Waals surface area contributed by atoms with Crippen molar-refractivity contribution in [1.29, 1.82) is 0 Å². The van der Waals surface area contributed by atoms with Crippen molar-refractivity contribution in [2.75, 3.05) is 0 Å². The SMILES string of the molecule is [2H]c1c([2H])c([2H])c(-c2ccc3c(c2)C(c2cc(-n4c5ccccc5c5ccccc54)ccc2C#C)c2cc(C(C)(C)C)cc4c2C3c2ccc(C3c5ccc(C(C)(C)C)cc5C5C=C(C(C)(C)C)C=CC53)cc2C4c2c(-c3ccccc3)cc(C(C)(C)C)cc2-c2ccccc2)c([2H])c1[2H]. The Balaban J connectivity index is 1.05. The largest absolute Gasteiger partial charge is 0.309 e. The van der Waals surface area contributed by atoms with Crippen LogP contribution in [0, 0.1) is 23.7 Å². The molecule has 0 amide bonds. The summed E-state index contributed by atoms with van der Waals surface area (Å²) in [6.45, 7) is 28.0. The number of allylic oxidation sites excluding steroid dienone is 4. The highest BCUT2D eigenvalue weighted by Crippen LogP contribution is 2.62. The highest BCUT2D eigenvalue weighted by atomic mass is 15.0. The number of aromatic nitrogens is 1. The van der Waals surface area contributed by atoms with Crippen LogP contribution < -0.4 is 0 Å². The minimum absolute atomic E-state index is 0.0314. The normalized spacial score (nSPS) is 19.5. The Morgan fingerprint density at radius 1 is 0.400 bits per heavy atom. The van der Waals surface area contributed by atoms with E-state index in [9.17, 15) is 2.74 Å². The van der Waals surface area contributed by atoms with Crippen molar-refractivity contribution in [3.8, 4) is 51.4 Å². The molecule has 1 nitrogen and oxygen atoms in total. The first kappa shape index (κ1) is 54.6. The second kappa shape index (κ2) is 22.2. The van der Waals surface area contributed by atoms with E-state index >= 15 is 0 Å². The molecular weight excluding hydrogens is 1140 g/mol. The molecule has 466 valence electrons. The van der Waals surface area contributed by atoms with Gasteiger partial charge in [0, 0.05) is 51.6 Å². The summed E-state index contributed by atoms with van der Waals surface area (Å²) in [6.07, 6.45) is 14.5. The van der Waals surface area contributed by atoms with Gasteiger partial charge in [0.05, 0.1) is 17.9 Å². The number of rotatable bonds is 7. The maximum atomic E-state index is 9.52. The average Bonchev–Trinajstić information content (AvgIpc) is 0.776. The summed E-state index contributed by atoms with van der Waals surface area (Å²) in [5.74, 6) is 2.50. The zero-order valence-corrected chi connectivity index (χ0v) is 56.9. The van der Waals surface area contributed by atoms with Gasteiger partial charge in [0.1, 0.15) is 0 Å². The van der Waals surface area contributed by atoms with E-state index in [1.165, 1.54) is 77.9 Å². The summed E-state index contributed by atoms with van der Waals surface area (Å²) in [5.41, 5.74) is 28.2. The Bertz CT molecular complexity index is 5370. The fourth-order valence-electron chi connectivity index (χ4n) is 16.7. The fraction of sp³-hybridized carbons (Fsp3) is 0.234. The van der Waals surface area contributed by atoms with Gasteiger partial charge in [0.25, 0.3) is 0 Å². The van der Waals surface area contributed by atoms with Crippen LogP contribution in [0.4, 0.5) is 0 Å².